The Balaban J connectivity index is 1.81. The van der Waals surface area contributed by atoms with Crippen LogP contribution >= 0.6 is 0 Å². The Hall–Kier alpha value is -4.20. The number of aromatic hydroxyl groups is 1. The molecule has 1 fully saturated rings. The van der Waals surface area contributed by atoms with E-state index in [1.807, 2.05) is 6.92 Å². The van der Waals surface area contributed by atoms with Crippen LogP contribution in [0.1, 0.15) is 11.1 Å². The number of anilines is 1. The maximum Gasteiger partial charge on any atom is 0.335 e. The predicted molar refractivity (Wildman–Crippen MR) is 104 cm³/mol. The zero-order chi connectivity index (χ0) is 20.7. The Morgan fingerprint density at radius 1 is 1.03 bits per heavy atom. The van der Waals surface area contributed by atoms with Crippen molar-refractivity contribution in [2.45, 2.75) is 6.92 Å². The lowest BCUT2D eigenvalue weighted by Gasteiger charge is -2.26. The van der Waals surface area contributed by atoms with E-state index in [1.54, 1.807) is 24.3 Å². The first kappa shape index (κ1) is 18.2. The zero-order valence-electron chi connectivity index (χ0n) is 15.1. The summed E-state index contributed by atoms with van der Waals surface area (Å²) in [6.07, 6.45) is 2.18. The molecule has 1 aliphatic rings. The molecule has 8 heteroatoms. The summed E-state index contributed by atoms with van der Waals surface area (Å²) in [4.78, 5) is 50.8. The zero-order valence-corrected chi connectivity index (χ0v) is 15.1. The van der Waals surface area contributed by atoms with Crippen LogP contribution in [0.15, 0.2) is 63.5 Å². The van der Waals surface area contributed by atoms with E-state index in [2.05, 4.69) is 5.32 Å². The van der Waals surface area contributed by atoms with Gasteiger partial charge >= 0.3 is 6.03 Å². The van der Waals surface area contributed by atoms with Crippen LogP contribution in [0.4, 0.5) is 10.5 Å². The fourth-order valence-electron chi connectivity index (χ4n) is 2.98. The van der Waals surface area contributed by atoms with Gasteiger partial charge in [-0.1, -0.05) is 17.7 Å². The number of hydrogen-bond acceptors (Lipinski definition) is 6. The molecule has 29 heavy (non-hydrogen) atoms. The van der Waals surface area contributed by atoms with Crippen molar-refractivity contribution in [3.05, 3.63) is 75.7 Å². The maximum atomic E-state index is 12.9. The van der Waals surface area contributed by atoms with Crippen LogP contribution in [0.3, 0.4) is 0 Å². The Morgan fingerprint density at radius 2 is 1.76 bits per heavy atom. The number of aryl methyl sites for hydroxylation is 1. The molecule has 0 saturated carbocycles. The molecule has 4 rings (SSSR count). The molecule has 144 valence electrons. The molecule has 0 spiro atoms. The van der Waals surface area contributed by atoms with Gasteiger partial charge < -0.3 is 9.52 Å². The predicted octanol–water partition coefficient (Wildman–Crippen LogP) is 2.47. The van der Waals surface area contributed by atoms with Gasteiger partial charge in [-0.15, -0.1) is 0 Å². The third-order valence-electron chi connectivity index (χ3n) is 4.48. The van der Waals surface area contributed by atoms with Crippen LogP contribution in [0, 0.1) is 6.92 Å². The smallest absolute Gasteiger partial charge is 0.335 e. The highest BCUT2D eigenvalue weighted by Gasteiger charge is 2.37. The van der Waals surface area contributed by atoms with Gasteiger partial charge in [0.25, 0.3) is 11.8 Å². The van der Waals surface area contributed by atoms with E-state index in [9.17, 15) is 24.3 Å². The van der Waals surface area contributed by atoms with Gasteiger partial charge in [-0.3, -0.25) is 19.7 Å². The molecule has 1 saturated heterocycles. The van der Waals surface area contributed by atoms with E-state index >= 15 is 0 Å². The van der Waals surface area contributed by atoms with Gasteiger partial charge in [-0.25, -0.2) is 9.69 Å². The first-order valence-corrected chi connectivity index (χ1v) is 8.58. The highest BCUT2D eigenvalue weighted by Crippen LogP contribution is 2.23. The number of amides is 4. The number of nitrogens with one attached hydrogen (secondary N) is 1. The number of phenols is 1. The van der Waals surface area contributed by atoms with Crippen LogP contribution in [0.5, 0.6) is 5.75 Å². The molecule has 1 aliphatic heterocycles. The Morgan fingerprint density at radius 3 is 2.48 bits per heavy atom. The SMILES string of the molecule is Cc1ccc(N2C(=O)NC(=O)/C(=C\c3coc4ccc(O)cc4c3=O)C2=O)cc1. The highest BCUT2D eigenvalue weighted by molar-refractivity contribution is 6.39. The molecule has 0 radical (unpaired) electrons. The lowest BCUT2D eigenvalue weighted by molar-refractivity contribution is -0.122. The average molecular weight is 390 g/mol. The van der Waals surface area contributed by atoms with Gasteiger partial charge in [-0.05, 0) is 43.3 Å². The number of phenolic OH excluding ortho intramolecular Hbond substituents is 1. The van der Waals surface area contributed by atoms with Crippen molar-refractivity contribution in [2.75, 3.05) is 4.90 Å². The second-order valence-corrected chi connectivity index (χ2v) is 6.49. The number of benzene rings is 2. The number of imide groups is 2. The van der Waals surface area contributed by atoms with E-state index in [1.165, 1.54) is 18.2 Å². The molecular formula is C21H14N2O6. The molecule has 4 amide bonds. The molecular weight excluding hydrogens is 376 g/mol. The van der Waals surface area contributed by atoms with E-state index in [4.69, 9.17) is 4.42 Å². The average Bonchev–Trinajstić information content (AvgIpc) is 2.68. The summed E-state index contributed by atoms with van der Waals surface area (Å²) >= 11 is 0. The summed E-state index contributed by atoms with van der Waals surface area (Å²) in [5.74, 6) is -1.91. The van der Waals surface area contributed by atoms with E-state index in [0.29, 0.717) is 0 Å². The molecule has 8 nitrogen and oxygen atoms in total. The summed E-state index contributed by atoms with van der Waals surface area (Å²) in [6, 6.07) is 9.75. The third kappa shape index (κ3) is 3.16. The standard InChI is InChI=1S/C21H14N2O6/c1-11-2-4-13(5-3-11)23-20(27)16(19(26)22-21(23)28)8-12-10-29-17-7-6-14(24)9-15(17)18(12)25/h2-10,24H,1H3,(H,22,26,28)/b16-8+. The Bertz CT molecular complexity index is 1270. The van der Waals surface area contributed by atoms with Crippen LogP contribution in [-0.4, -0.2) is 23.0 Å². The molecule has 2 N–H and O–H groups in total. The summed E-state index contributed by atoms with van der Waals surface area (Å²) in [7, 11) is 0. The Kier molecular flexibility index (Phi) is 4.23. The normalized spacial score (nSPS) is 15.8. The van der Waals surface area contributed by atoms with Crippen molar-refractivity contribution < 1.29 is 23.9 Å². The van der Waals surface area contributed by atoms with Gasteiger partial charge in [0.15, 0.2) is 5.43 Å². The summed E-state index contributed by atoms with van der Waals surface area (Å²) in [6.45, 7) is 1.85. The summed E-state index contributed by atoms with van der Waals surface area (Å²) < 4.78 is 5.36. The van der Waals surface area contributed by atoms with Crippen molar-refractivity contribution in [3.8, 4) is 5.75 Å². The molecule has 0 bridgehead atoms. The van der Waals surface area contributed by atoms with Gasteiger partial charge in [-0.2, -0.15) is 0 Å². The van der Waals surface area contributed by atoms with Crippen molar-refractivity contribution in [2.24, 2.45) is 0 Å². The van der Waals surface area contributed by atoms with Crippen molar-refractivity contribution in [3.63, 3.8) is 0 Å². The third-order valence-corrected chi connectivity index (χ3v) is 4.48. The molecule has 0 unspecified atom stereocenters. The number of barbiturate groups is 1. The van der Waals surface area contributed by atoms with Crippen molar-refractivity contribution >= 4 is 40.6 Å². The number of hydrogen-bond donors (Lipinski definition) is 2. The highest BCUT2D eigenvalue weighted by atomic mass is 16.3. The van der Waals surface area contributed by atoms with Gasteiger partial charge in [0, 0.05) is 0 Å². The number of rotatable bonds is 2. The van der Waals surface area contributed by atoms with Crippen molar-refractivity contribution in [1.82, 2.24) is 5.32 Å². The maximum absolute atomic E-state index is 12.9. The molecule has 1 aromatic heterocycles. The summed E-state index contributed by atoms with van der Waals surface area (Å²) in [5, 5.41) is 11.8. The number of carbonyl (C=O) groups excluding carboxylic acids is 3. The second kappa shape index (κ2) is 6.75. The molecule has 2 heterocycles. The van der Waals surface area contributed by atoms with Crippen LogP contribution < -0.4 is 15.6 Å². The second-order valence-electron chi connectivity index (χ2n) is 6.49. The first-order valence-electron chi connectivity index (χ1n) is 8.58. The monoisotopic (exact) mass is 390 g/mol. The number of nitrogens with zero attached hydrogens (tertiary/aromatic N) is 1. The quantitative estimate of drug-likeness (QED) is 0.513. The van der Waals surface area contributed by atoms with Gasteiger partial charge in [0.2, 0.25) is 0 Å². The minimum atomic E-state index is -0.918. The Labute approximate surface area is 163 Å². The van der Waals surface area contributed by atoms with Crippen LogP contribution in [-0.2, 0) is 9.59 Å². The lowest BCUT2D eigenvalue weighted by atomic mass is 10.1. The molecule has 0 aliphatic carbocycles. The fourth-order valence-corrected chi connectivity index (χ4v) is 2.98. The van der Waals surface area contributed by atoms with E-state index in [0.717, 1.165) is 22.8 Å². The molecule has 3 aromatic rings. The summed E-state index contributed by atoms with van der Waals surface area (Å²) in [5.41, 5.74) is 0.464. The number of urea groups is 1. The van der Waals surface area contributed by atoms with Gasteiger partial charge in [0.05, 0.1) is 16.6 Å². The molecule has 2 aromatic carbocycles. The molecule has 0 atom stereocenters. The fraction of sp³-hybridized carbons (Fsp3) is 0.0476. The van der Waals surface area contributed by atoms with E-state index < -0.39 is 28.8 Å². The van der Waals surface area contributed by atoms with Gasteiger partial charge in [0.1, 0.15) is 23.2 Å². The van der Waals surface area contributed by atoms with Crippen LogP contribution in [0.25, 0.3) is 17.0 Å². The van der Waals surface area contributed by atoms with Crippen LogP contribution in [0.2, 0.25) is 0 Å². The lowest BCUT2D eigenvalue weighted by Crippen LogP contribution is -2.54. The van der Waals surface area contributed by atoms with E-state index in [-0.39, 0.29) is 28.0 Å². The van der Waals surface area contributed by atoms with Crippen molar-refractivity contribution in [1.29, 1.82) is 0 Å². The first-order chi connectivity index (χ1) is 13.8. The largest absolute Gasteiger partial charge is 0.508 e. The minimum Gasteiger partial charge on any atom is -0.508 e. The number of fused-ring (bicyclic) bond motifs is 1. The minimum absolute atomic E-state index is 0.0696. The number of carbonyl (C=O) groups is 3. The topological polar surface area (TPSA) is 117 Å².